The molecule has 2 fully saturated rings. The molecule has 0 aromatic heterocycles. The van der Waals surface area contributed by atoms with Crippen LogP contribution in [0.25, 0.3) is 0 Å². The fourth-order valence-corrected chi connectivity index (χ4v) is 5.00. The van der Waals surface area contributed by atoms with Crippen molar-refractivity contribution in [2.75, 3.05) is 0 Å². The third-order valence-corrected chi connectivity index (χ3v) is 6.04. The van der Waals surface area contributed by atoms with Crippen LogP contribution in [-0.2, 0) is 16.9 Å². The van der Waals surface area contributed by atoms with E-state index in [-0.39, 0.29) is 11.6 Å². The lowest BCUT2D eigenvalue weighted by molar-refractivity contribution is -0.0670. The zero-order valence-corrected chi connectivity index (χ0v) is 13.7. The number of carbonyl (C=O) groups is 1. The second-order valence-corrected chi connectivity index (χ2v) is 7.38. The fourth-order valence-electron chi connectivity index (χ4n) is 5.00. The molecule has 0 amide bonds. The summed E-state index contributed by atoms with van der Waals surface area (Å²) >= 11 is 0. The second-order valence-electron chi connectivity index (χ2n) is 7.38. The van der Waals surface area contributed by atoms with E-state index in [0.29, 0.717) is 12.1 Å². The first kappa shape index (κ1) is 14.2. The standard InChI is InChI=1S/C21H21NO2/c23-20-18-8-4-5-9-19(18)21(24-20)12-16-10-11-17(13-21)22(16)14-15-6-2-1-3-7-15/h1-9,16-17H,10-14H2. The van der Waals surface area contributed by atoms with E-state index in [4.69, 9.17) is 4.74 Å². The highest BCUT2D eigenvalue weighted by atomic mass is 16.6. The number of benzene rings is 2. The molecule has 2 unspecified atom stereocenters. The first-order valence-electron chi connectivity index (χ1n) is 8.88. The summed E-state index contributed by atoms with van der Waals surface area (Å²) in [6, 6.07) is 19.7. The Morgan fingerprint density at radius 2 is 1.62 bits per heavy atom. The number of nitrogens with zero attached hydrogens (tertiary/aromatic N) is 1. The van der Waals surface area contributed by atoms with Crippen LogP contribution in [0.15, 0.2) is 54.6 Å². The van der Waals surface area contributed by atoms with Crippen LogP contribution < -0.4 is 0 Å². The van der Waals surface area contributed by atoms with Crippen LogP contribution in [-0.4, -0.2) is 23.0 Å². The zero-order chi connectivity index (χ0) is 16.1. The minimum atomic E-state index is -0.382. The van der Waals surface area contributed by atoms with Gasteiger partial charge in [0.2, 0.25) is 0 Å². The van der Waals surface area contributed by atoms with E-state index in [1.54, 1.807) is 0 Å². The molecule has 2 bridgehead atoms. The highest BCUT2D eigenvalue weighted by Crippen LogP contribution is 2.52. The lowest BCUT2D eigenvalue weighted by Crippen LogP contribution is -2.49. The molecule has 5 rings (SSSR count). The van der Waals surface area contributed by atoms with Crippen molar-refractivity contribution in [3.05, 3.63) is 71.3 Å². The Balaban J connectivity index is 1.45. The molecule has 3 heterocycles. The van der Waals surface area contributed by atoms with Crippen molar-refractivity contribution in [2.45, 2.75) is 49.9 Å². The first-order valence-corrected chi connectivity index (χ1v) is 8.88. The van der Waals surface area contributed by atoms with Crippen LogP contribution in [0.1, 0.15) is 47.2 Å². The van der Waals surface area contributed by atoms with Gasteiger partial charge in [0, 0.05) is 37.0 Å². The van der Waals surface area contributed by atoms with Crippen molar-refractivity contribution >= 4 is 5.97 Å². The maximum atomic E-state index is 12.3. The van der Waals surface area contributed by atoms with Gasteiger partial charge in [0.25, 0.3) is 0 Å². The molecule has 3 aliphatic heterocycles. The summed E-state index contributed by atoms with van der Waals surface area (Å²) < 4.78 is 5.97. The Morgan fingerprint density at radius 1 is 0.958 bits per heavy atom. The van der Waals surface area contributed by atoms with Crippen LogP contribution in [0.2, 0.25) is 0 Å². The van der Waals surface area contributed by atoms with E-state index >= 15 is 0 Å². The van der Waals surface area contributed by atoms with Crippen molar-refractivity contribution in [3.8, 4) is 0 Å². The molecule has 3 nitrogen and oxygen atoms in total. The van der Waals surface area contributed by atoms with Gasteiger partial charge in [-0.2, -0.15) is 0 Å². The maximum absolute atomic E-state index is 12.3. The van der Waals surface area contributed by atoms with Gasteiger partial charge >= 0.3 is 5.97 Å². The van der Waals surface area contributed by atoms with E-state index in [1.807, 2.05) is 18.2 Å². The van der Waals surface area contributed by atoms with E-state index in [0.717, 1.165) is 30.5 Å². The Labute approximate surface area is 142 Å². The molecule has 3 aliphatic rings. The van der Waals surface area contributed by atoms with Crippen LogP contribution in [0.4, 0.5) is 0 Å². The largest absolute Gasteiger partial charge is 0.450 e. The summed E-state index contributed by atoms with van der Waals surface area (Å²) in [5.41, 5.74) is 2.88. The van der Waals surface area contributed by atoms with Gasteiger partial charge in [-0.25, -0.2) is 4.79 Å². The Morgan fingerprint density at radius 3 is 2.38 bits per heavy atom. The molecule has 1 spiro atoms. The normalized spacial score (nSPS) is 31.2. The molecule has 0 N–H and O–H groups in total. The number of fused-ring (bicyclic) bond motifs is 4. The summed E-state index contributed by atoms with van der Waals surface area (Å²) in [5, 5.41) is 0. The SMILES string of the molecule is O=C1OC2(CC3CCC(C2)N3Cc2ccccc2)c2ccccc21. The van der Waals surface area contributed by atoms with Gasteiger partial charge in [-0.15, -0.1) is 0 Å². The highest BCUT2D eigenvalue weighted by Gasteiger charge is 2.55. The average molecular weight is 319 g/mol. The molecule has 2 saturated heterocycles. The van der Waals surface area contributed by atoms with Crippen molar-refractivity contribution in [3.63, 3.8) is 0 Å². The number of carbonyl (C=O) groups excluding carboxylic acids is 1. The van der Waals surface area contributed by atoms with Gasteiger partial charge < -0.3 is 4.74 Å². The fraction of sp³-hybridized carbons (Fsp3) is 0.381. The summed E-state index contributed by atoms with van der Waals surface area (Å²) in [7, 11) is 0. The van der Waals surface area contributed by atoms with Crippen LogP contribution >= 0.6 is 0 Å². The molecule has 122 valence electrons. The smallest absolute Gasteiger partial charge is 0.339 e. The molecular formula is C21H21NO2. The highest BCUT2D eigenvalue weighted by molar-refractivity contribution is 5.94. The molecule has 2 aromatic carbocycles. The van der Waals surface area contributed by atoms with Gasteiger partial charge in [-0.05, 0) is 24.5 Å². The van der Waals surface area contributed by atoms with E-state index in [9.17, 15) is 4.79 Å². The second kappa shape index (κ2) is 5.18. The summed E-state index contributed by atoms with van der Waals surface area (Å²) in [6.45, 7) is 1.00. The summed E-state index contributed by atoms with van der Waals surface area (Å²) in [6.07, 6.45) is 4.27. The maximum Gasteiger partial charge on any atom is 0.339 e. The monoisotopic (exact) mass is 319 g/mol. The van der Waals surface area contributed by atoms with Crippen molar-refractivity contribution in [1.82, 2.24) is 4.90 Å². The number of rotatable bonds is 2. The average Bonchev–Trinajstić information content (AvgIpc) is 3.01. The van der Waals surface area contributed by atoms with Gasteiger partial charge in [-0.3, -0.25) is 4.90 Å². The minimum absolute atomic E-state index is 0.137. The Bertz CT molecular complexity index is 771. The topological polar surface area (TPSA) is 29.5 Å². The number of piperidine rings is 1. The molecule has 2 aromatic rings. The number of hydrogen-bond donors (Lipinski definition) is 0. The minimum Gasteiger partial charge on any atom is -0.450 e. The molecule has 24 heavy (non-hydrogen) atoms. The molecular weight excluding hydrogens is 298 g/mol. The van der Waals surface area contributed by atoms with Crippen molar-refractivity contribution < 1.29 is 9.53 Å². The van der Waals surface area contributed by atoms with Crippen LogP contribution in [0.5, 0.6) is 0 Å². The van der Waals surface area contributed by atoms with E-state index < -0.39 is 0 Å². The van der Waals surface area contributed by atoms with E-state index in [2.05, 4.69) is 41.3 Å². The summed E-state index contributed by atoms with van der Waals surface area (Å²) in [5.74, 6) is -0.137. The summed E-state index contributed by atoms with van der Waals surface area (Å²) in [4.78, 5) is 14.9. The molecule has 0 aliphatic carbocycles. The number of hydrogen-bond acceptors (Lipinski definition) is 3. The van der Waals surface area contributed by atoms with Gasteiger partial charge in [0.05, 0.1) is 5.56 Å². The lowest BCUT2D eigenvalue weighted by Gasteiger charge is -2.44. The van der Waals surface area contributed by atoms with Gasteiger partial charge in [0.1, 0.15) is 5.60 Å². The molecule has 2 atom stereocenters. The number of esters is 1. The predicted molar refractivity (Wildman–Crippen MR) is 91.6 cm³/mol. The molecule has 0 saturated carbocycles. The van der Waals surface area contributed by atoms with Crippen molar-refractivity contribution in [1.29, 1.82) is 0 Å². The quantitative estimate of drug-likeness (QED) is 0.787. The zero-order valence-electron chi connectivity index (χ0n) is 13.7. The number of ether oxygens (including phenoxy) is 1. The van der Waals surface area contributed by atoms with Crippen molar-refractivity contribution in [2.24, 2.45) is 0 Å². The van der Waals surface area contributed by atoms with E-state index in [1.165, 1.54) is 18.4 Å². The Kier molecular flexibility index (Phi) is 3.07. The molecule has 0 radical (unpaired) electrons. The van der Waals surface area contributed by atoms with Crippen LogP contribution in [0, 0.1) is 0 Å². The van der Waals surface area contributed by atoms with Crippen LogP contribution in [0.3, 0.4) is 0 Å². The lowest BCUT2D eigenvalue weighted by atomic mass is 9.80. The Hall–Kier alpha value is -2.13. The predicted octanol–water partition coefficient (Wildman–Crippen LogP) is 3.88. The third kappa shape index (κ3) is 2.04. The molecule has 3 heteroatoms. The first-order chi connectivity index (χ1) is 11.8. The third-order valence-electron chi connectivity index (χ3n) is 6.04. The van der Waals surface area contributed by atoms with Gasteiger partial charge in [0.15, 0.2) is 0 Å². The van der Waals surface area contributed by atoms with Gasteiger partial charge in [-0.1, -0.05) is 48.5 Å².